The first-order valence-electron chi connectivity index (χ1n) is 10.5. The van der Waals surface area contributed by atoms with E-state index in [1.807, 2.05) is 24.3 Å². The number of halogens is 1. The minimum Gasteiger partial charge on any atom is -0.496 e. The van der Waals surface area contributed by atoms with Crippen molar-refractivity contribution in [2.75, 3.05) is 27.8 Å². The van der Waals surface area contributed by atoms with Gasteiger partial charge in [-0.2, -0.15) is 0 Å². The molecule has 0 N–H and O–H groups in total. The molecule has 1 aliphatic rings. The van der Waals surface area contributed by atoms with E-state index in [0.29, 0.717) is 6.61 Å². The number of benzene rings is 3. The summed E-state index contributed by atoms with van der Waals surface area (Å²) in [5, 5.41) is 0. The predicted molar refractivity (Wildman–Crippen MR) is 127 cm³/mol. The standard InChI is InChI=1S/C26H28BrNO3/c1-28-12-11-20-15-25(30-3)26(31-17-18-7-5-4-6-8-18)16-21(20)23(28)14-19-9-10-24(29-2)22(27)13-19/h4-10,13,15-16,23H,11-12,14,17H2,1-3H3/t23-/m1/s1. The summed E-state index contributed by atoms with van der Waals surface area (Å²) in [7, 11) is 5.59. The van der Waals surface area contributed by atoms with Crippen molar-refractivity contribution in [3.8, 4) is 17.2 Å². The Labute approximate surface area is 192 Å². The van der Waals surface area contributed by atoms with E-state index in [9.17, 15) is 0 Å². The molecular formula is C26H28BrNO3. The van der Waals surface area contributed by atoms with Crippen molar-refractivity contribution >= 4 is 15.9 Å². The van der Waals surface area contributed by atoms with E-state index in [2.05, 4.69) is 64.3 Å². The summed E-state index contributed by atoms with van der Waals surface area (Å²) in [4.78, 5) is 2.42. The highest BCUT2D eigenvalue weighted by Crippen LogP contribution is 2.40. The van der Waals surface area contributed by atoms with Crippen molar-refractivity contribution in [3.05, 3.63) is 87.4 Å². The molecule has 0 spiro atoms. The van der Waals surface area contributed by atoms with E-state index < -0.39 is 0 Å². The largest absolute Gasteiger partial charge is 0.496 e. The highest BCUT2D eigenvalue weighted by molar-refractivity contribution is 9.10. The predicted octanol–water partition coefficient (Wildman–Crippen LogP) is 5.82. The molecule has 0 aliphatic carbocycles. The average Bonchev–Trinajstić information content (AvgIpc) is 2.80. The third-order valence-electron chi connectivity index (χ3n) is 5.93. The van der Waals surface area contributed by atoms with Gasteiger partial charge in [-0.3, -0.25) is 4.90 Å². The SMILES string of the molecule is COc1ccc(C[C@@H]2c3cc(OCc4ccccc4)c(OC)cc3CCN2C)cc1Br. The molecule has 1 atom stereocenters. The molecule has 4 nitrogen and oxygen atoms in total. The minimum absolute atomic E-state index is 0.272. The molecule has 0 saturated carbocycles. The quantitative estimate of drug-likeness (QED) is 0.425. The Kier molecular flexibility index (Phi) is 6.83. The zero-order valence-corrected chi connectivity index (χ0v) is 19.8. The normalized spacial score (nSPS) is 15.9. The first-order valence-corrected chi connectivity index (χ1v) is 11.3. The lowest BCUT2D eigenvalue weighted by atomic mass is 9.88. The van der Waals surface area contributed by atoms with E-state index in [1.54, 1.807) is 14.2 Å². The van der Waals surface area contributed by atoms with Crippen LogP contribution in [0.2, 0.25) is 0 Å². The third-order valence-corrected chi connectivity index (χ3v) is 6.55. The number of hydrogen-bond donors (Lipinski definition) is 0. The fourth-order valence-electron chi connectivity index (χ4n) is 4.17. The van der Waals surface area contributed by atoms with E-state index in [1.165, 1.54) is 16.7 Å². The lowest BCUT2D eigenvalue weighted by Gasteiger charge is -2.35. The number of nitrogens with zero attached hydrogens (tertiary/aromatic N) is 1. The lowest BCUT2D eigenvalue weighted by Crippen LogP contribution is -2.33. The summed E-state index contributed by atoms with van der Waals surface area (Å²) < 4.78 is 18.2. The van der Waals surface area contributed by atoms with Crippen molar-refractivity contribution in [2.24, 2.45) is 0 Å². The number of rotatable bonds is 7. The Hall–Kier alpha value is -2.50. The van der Waals surface area contributed by atoms with Crippen LogP contribution in [0, 0.1) is 0 Å². The second-order valence-corrected chi connectivity index (χ2v) is 8.75. The summed E-state index contributed by atoms with van der Waals surface area (Å²) in [5.74, 6) is 2.44. The molecule has 0 unspecified atom stereocenters. The summed E-state index contributed by atoms with van der Waals surface area (Å²) in [6.45, 7) is 1.53. The Morgan fingerprint density at radius 3 is 2.39 bits per heavy atom. The number of likely N-dealkylation sites (N-methyl/N-ethyl adjacent to an activating group) is 1. The smallest absolute Gasteiger partial charge is 0.162 e. The van der Waals surface area contributed by atoms with Crippen LogP contribution in [0.5, 0.6) is 17.2 Å². The van der Waals surface area contributed by atoms with Crippen molar-refractivity contribution in [1.82, 2.24) is 4.90 Å². The molecule has 0 bridgehead atoms. The van der Waals surface area contributed by atoms with Crippen molar-refractivity contribution in [2.45, 2.75) is 25.5 Å². The van der Waals surface area contributed by atoms with Gasteiger partial charge in [-0.1, -0.05) is 36.4 Å². The molecule has 0 amide bonds. The van der Waals surface area contributed by atoms with Crippen LogP contribution in [0.3, 0.4) is 0 Å². The number of methoxy groups -OCH3 is 2. The van der Waals surface area contributed by atoms with Gasteiger partial charge in [0.05, 0.1) is 18.7 Å². The maximum Gasteiger partial charge on any atom is 0.162 e. The fourth-order valence-corrected chi connectivity index (χ4v) is 4.76. The molecule has 3 aromatic rings. The van der Waals surface area contributed by atoms with Gasteiger partial charge in [0.2, 0.25) is 0 Å². The van der Waals surface area contributed by atoms with Gasteiger partial charge in [0.25, 0.3) is 0 Å². The molecule has 5 heteroatoms. The molecular weight excluding hydrogens is 454 g/mol. The van der Waals surface area contributed by atoms with E-state index >= 15 is 0 Å². The van der Waals surface area contributed by atoms with Gasteiger partial charge in [-0.25, -0.2) is 0 Å². The van der Waals surface area contributed by atoms with Gasteiger partial charge in [-0.05, 0) is 82.3 Å². The number of fused-ring (bicyclic) bond motifs is 1. The van der Waals surface area contributed by atoms with Crippen molar-refractivity contribution in [1.29, 1.82) is 0 Å². The number of ether oxygens (including phenoxy) is 3. The van der Waals surface area contributed by atoms with Crippen LogP contribution in [-0.4, -0.2) is 32.7 Å². The van der Waals surface area contributed by atoms with Crippen molar-refractivity contribution in [3.63, 3.8) is 0 Å². The number of hydrogen-bond acceptors (Lipinski definition) is 4. The molecule has 4 rings (SSSR count). The Balaban J connectivity index is 1.63. The summed E-state index contributed by atoms with van der Waals surface area (Å²) >= 11 is 3.62. The Bertz CT molecular complexity index is 1040. The van der Waals surface area contributed by atoms with Crippen LogP contribution < -0.4 is 14.2 Å². The van der Waals surface area contributed by atoms with Crippen LogP contribution in [0.4, 0.5) is 0 Å². The molecule has 162 valence electrons. The molecule has 31 heavy (non-hydrogen) atoms. The highest BCUT2D eigenvalue weighted by atomic mass is 79.9. The van der Waals surface area contributed by atoms with E-state index in [-0.39, 0.29) is 6.04 Å². The molecule has 0 saturated heterocycles. The Morgan fingerprint density at radius 2 is 1.68 bits per heavy atom. The maximum absolute atomic E-state index is 6.20. The minimum atomic E-state index is 0.272. The lowest BCUT2D eigenvalue weighted by molar-refractivity contribution is 0.226. The van der Waals surface area contributed by atoms with E-state index in [4.69, 9.17) is 14.2 Å². The fraction of sp³-hybridized carbons (Fsp3) is 0.308. The van der Waals surface area contributed by atoms with Crippen molar-refractivity contribution < 1.29 is 14.2 Å². The zero-order valence-electron chi connectivity index (χ0n) is 18.2. The first kappa shape index (κ1) is 21.7. The molecule has 0 fully saturated rings. The highest BCUT2D eigenvalue weighted by Gasteiger charge is 2.27. The zero-order chi connectivity index (χ0) is 21.8. The molecule has 1 aliphatic heterocycles. The summed E-state index contributed by atoms with van der Waals surface area (Å²) in [5.41, 5.74) is 5.04. The Morgan fingerprint density at radius 1 is 0.903 bits per heavy atom. The van der Waals surface area contributed by atoms with Gasteiger partial charge >= 0.3 is 0 Å². The van der Waals surface area contributed by atoms with Crippen LogP contribution in [-0.2, 0) is 19.4 Å². The molecule has 0 radical (unpaired) electrons. The molecule has 0 aromatic heterocycles. The molecule has 1 heterocycles. The van der Waals surface area contributed by atoms with Crippen LogP contribution >= 0.6 is 15.9 Å². The first-order chi connectivity index (χ1) is 15.1. The molecule has 3 aromatic carbocycles. The average molecular weight is 482 g/mol. The van der Waals surface area contributed by atoms with Gasteiger partial charge < -0.3 is 14.2 Å². The van der Waals surface area contributed by atoms with Gasteiger partial charge in [0.1, 0.15) is 12.4 Å². The van der Waals surface area contributed by atoms with Crippen LogP contribution in [0.15, 0.2) is 65.1 Å². The maximum atomic E-state index is 6.20. The van der Waals surface area contributed by atoms with Gasteiger partial charge in [0.15, 0.2) is 11.5 Å². The monoisotopic (exact) mass is 481 g/mol. The second kappa shape index (κ2) is 9.75. The van der Waals surface area contributed by atoms with E-state index in [0.717, 1.165) is 46.7 Å². The summed E-state index contributed by atoms with van der Waals surface area (Å²) in [6, 6.07) is 21.1. The summed E-state index contributed by atoms with van der Waals surface area (Å²) in [6.07, 6.45) is 1.92. The topological polar surface area (TPSA) is 30.9 Å². The van der Waals surface area contributed by atoms with Crippen LogP contribution in [0.25, 0.3) is 0 Å². The second-order valence-electron chi connectivity index (χ2n) is 7.90. The third kappa shape index (κ3) is 4.89. The van der Waals surface area contributed by atoms with Gasteiger partial charge in [0, 0.05) is 12.6 Å². The van der Waals surface area contributed by atoms with Crippen LogP contribution in [0.1, 0.15) is 28.3 Å². The van der Waals surface area contributed by atoms with Gasteiger partial charge in [-0.15, -0.1) is 0 Å².